The first-order valence-corrected chi connectivity index (χ1v) is 3.53. The first-order valence-electron chi connectivity index (χ1n) is 3.53. The predicted molar refractivity (Wildman–Crippen MR) is 42.6 cm³/mol. The fraction of sp³-hybridized carbons (Fsp3) is 0.200. The molecule has 0 spiro atoms. The highest BCUT2D eigenvalue weighted by Gasteiger charge is 2.06. The van der Waals surface area contributed by atoms with Crippen molar-refractivity contribution in [1.29, 1.82) is 0 Å². The van der Waals surface area contributed by atoms with Crippen molar-refractivity contribution in [3.05, 3.63) is 41.0 Å². The molecule has 1 aliphatic carbocycles. The van der Waals surface area contributed by atoms with Crippen molar-refractivity contribution in [3.63, 3.8) is 0 Å². The highest BCUT2D eigenvalue weighted by Crippen LogP contribution is 2.22. The fourth-order valence-corrected chi connectivity index (χ4v) is 1.37. The van der Waals surface area contributed by atoms with Gasteiger partial charge in [-0.3, -0.25) is 0 Å². The molecule has 1 radical (unpaired) electrons. The Morgan fingerprint density at radius 1 is 1.50 bits per heavy atom. The highest BCUT2D eigenvalue weighted by atomic mass is 14.1. The normalized spacial score (nSPS) is 14.7. The summed E-state index contributed by atoms with van der Waals surface area (Å²) < 4.78 is 0. The van der Waals surface area contributed by atoms with Crippen molar-refractivity contribution >= 4 is 6.08 Å². The van der Waals surface area contributed by atoms with E-state index in [1.165, 1.54) is 16.7 Å². The van der Waals surface area contributed by atoms with Gasteiger partial charge in [0.25, 0.3) is 0 Å². The summed E-state index contributed by atoms with van der Waals surface area (Å²) in [6.07, 6.45) is 3.32. The van der Waals surface area contributed by atoms with E-state index in [-0.39, 0.29) is 0 Å². The van der Waals surface area contributed by atoms with Crippen LogP contribution in [0.2, 0.25) is 0 Å². The van der Waals surface area contributed by atoms with Crippen molar-refractivity contribution in [2.45, 2.75) is 13.3 Å². The monoisotopic (exact) mass is 129 g/mol. The summed E-state index contributed by atoms with van der Waals surface area (Å²) in [5, 5.41) is 0. The van der Waals surface area contributed by atoms with Gasteiger partial charge in [0.1, 0.15) is 0 Å². The summed E-state index contributed by atoms with van der Waals surface area (Å²) in [5.41, 5.74) is 4.14. The molecule has 0 fully saturated rings. The Morgan fingerprint density at radius 3 is 3.20 bits per heavy atom. The Morgan fingerprint density at radius 2 is 2.40 bits per heavy atom. The molecule has 0 saturated carbocycles. The van der Waals surface area contributed by atoms with Gasteiger partial charge in [-0.15, -0.1) is 0 Å². The molecule has 0 atom stereocenters. The molecule has 10 heavy (non-hydrogen) atoms. The van der Waals surface area contributed by atoms with Crippen molar-refractivity contribution in [3.8, 4) is 0 Å². The molecule has 0 unspecified atom stereocenters. The first-order chi connectivity index (χ1) is 4.86. The van der Waals surface area contributed by atoms with Crippen LogP contribution in [0.15, 0.2) is 23.8 Å². The largest absolute Gasteiger partial charge is 0.0683 e. The lowest BCUT2D eigenvalue weighted by Gasteiger charge is -1.93. The van der Waals surface area contributed by atoms with E-state index in [2.05, 4.69) is 25.1 Å². The topological polar surface area (TPSA) is 0 Å². The Balaban J connectivity index is 2.54. The van der Waals surface area contributed by atoms with Gasteiger partial charge in [-0.05, 0) is 30.5 Å². The third-order valence-corrected chi connectivity index (χ3v) is 1.84. The minimum Gasteiger partial charge on any atom is -0.0683 e. The van der Waals surface area contributed by atoms with Gasteiger partial charge in [0.05, 0.1) is 0 Å². The van der Waals surface area contributed by atoms with Crippen LogP contribution >= 0.6 is 0 Å². The van der Waals surface area contributed by atoms with Crippen LogP contribution in [0.25, 0.3) is 6.08 Å². The van der Waals surface area contributed by atoms with E-state index >= 15 is 0 Å². The van der Waals surface area contributed by atoms with E-state index in [1.54, 1.807) is 0 Å². The van der Waals surface area contributed by atoms with Crippen LogP contribution in [0.5, 0.6) is 0 Å². The first kappa shape index (κ1) is 5.72. The van der Waals surface area contributed by atoms with Crippen LogP contribution in [0.3, 0.4) is 0 Å². The lowest BCUT2D eigenvalue weighted by molar-refractivity contribution is 1.19. The van der Waals surface area contributed by atoms with E-state index in [0.29, 0.717) is 0 Å². The molecule has 0 heterocycles. The van der Waals surface area contributed by atoms with Gasteiger partial charge in [-0.1, -0.05) is 29.8 Å². The van der Waals surface area contributed by atoms with Gasteiger partial charge in [-0.2, -0.15) is 0 Å². The maximum atomic E-state index is 3.23. The minimum atomic E-state index is 1.09. The van der Waals surface area contributed by atoms with Gasteiger partial charge in [0.15, 0.2) is 0 Å². The minimum absolute atomic E-state index is 1.09. The predicted octanol–water partition coefficient (Wildman–Crippen LogP) is 2.45. The molecule has 49 valence electrons. The molecule has 0 aromatic heterocycles. The van der Waals surface area contributed by atoms with Crippen molar-refractivity contribution < 1.29 is 0 Å². The Bertz CT molecular complexity index is 282. The van der Waals surface area contributed by atoms with Gasteiger partial charge < -0.3 is 0 Å². The summed E-state index contributed by atoms with van der Waals surface area (Å²) in [6, 6.07) is 9.38. The number of rotatable bonds is 0. The molecule has 1 aromatic rings. The zero-order chi connectivity index (χ0) is 6.97. The molecule has 1 aromatic carbocycles. The van der Waals surface area contributed by atoms with Crippen LogP contribution in [-0.4, -0.2) is 0 Å². The van der Waals surface area contributed by atoms with E-state index in [0.717, 1.165) is 6.42 Å². The zero-order valence-electron chi connectivity index (χ0n) is 6.02. The Kier molecular flexibility index (Phi) is 1.13. The molecule has 0 heteroatoms. The van der Waals surface area contributed by atoms with Gasteiger partial charge in [-0.25, -0.2) is 0 Å². The standard InChI is InChI=1S/C10H9/c1-8-6-9-4-2-3-5-10(9)7-8/h2-4,6H,7H2,1H3. The highest BCUT2D eigenvalue weighted by molar-refractivity contribution is 5.62. The third-order valence-electron chi connectivity index (χ3n) is 1.84. The number of allylic oxidation sites excluding steroid dienone is 1. The van der Waals surface area contributed by atoms with E-state index in [1.807, 2.05) is 12.1 Å². The molecule has 1 aliphatic rings. The quantitative estimate of drug-likeness (QED) is 0.504. The second-order valence-electron chi connectivity index (χ2n) is 2.77. The lowest BCUT2D eigenvalue weighted by atomic mass is 10.1. The molecule has 0 bridgehead atoms. The summed E-state index contributed by atoms with van der Waals surface area (Å²) in [6.45, 7) is 2.16. The third kappa shape index (κ3) is 0.766. The molecule has 0 nitrogen and oxygen atoms in total. The van der Waals surface area contributed by atoms with Crippen molar-refractivity contribution in [2.75, 3.05) is 0 Å². The molecule has 2 rings (SSSR count). The van der Waals surface area contributed by atoms with Crippen LogP contribution in [-0.2, 0) is 6.42 Å². The van der Waals surface area contributed by atoms with Gasteiger partial charge in [0, 0.05) is 0 Å². The number of hydrogen-bond acceptors (Lipinski definition) is 0. The molecular formula is C10H9. The van der Waals surface area contributed by atoms with Crippen molar-refractivity contribution in [1.82, 2.24) is 0 Å². The molecule has 0 amide bonds. The number of hydrogen-bond donors (Lipinski definition) is 0. The summed E-state index contributed by atoms with van der Waals surface area (Å²) in [5.74, 6) is 0. The van der Waals surface area contributed by atoms with Crippen LogP contribution in [0.1, 0.15) is 18.1 Å². The van der Waals surface area contributed by atoms with Crippen molar-refractivity contribution in [2.24, 2.45) is 0 Å². The SMILES string of the molecule is CC1=Cc2ccc[c]c2C1. The lowest BCUT2D eigenvalue weighted by Crippen LogP contribution is -1.80. The molecule has 0 saturated heterocycles. The maximum Gasteiger partial charge on any atom is -0.00544 e. The van der Waals surface area contributed by atoms with E-state index < -0.39 is 0 Å². The molecule has 0 aliphatic heterocycles. The van der Waals surface area contributed by atoms with Gasteiger partial charge in [0.2, 0.25) is 0 Å². The van der Waals surface area contributed by atoms with Crippen LogP contribution < -0.4 is 0 Å². The number of benzene rings is 1. The van der Waals surface area contributed by atoms with E-state index in [9.17, 15) is 0 Å². The summed E-state index contributed by atoms with van der Waals surface area (Å²) >= 11 is 0. The molecule has 0 N–H and O–H groups in total. The number of fused-ring (bicyclic) bond motifs is 1. The average molecular weight is 129 g/mol. The Hall–Kier alpha value is -1.04. The maximum absolute atomic E-state index is 3.23. The second kappa shape index (κ2) is 1.98. The van der Waals surface area contributed by atoms with Crippen LogP contribution in [0.4, 0.5) is 0 Å². The van der Waals surface area contributed by atoms with Crippen LogP contribution in [0, 0.1) is 6.07 Å². The average Bonchev–Trinajstić information content (AvgIpc) is 2.27. The fourth-order valence-electron chi connectivity index (χ4n) is 1.37. The molecular weight excluding hydrogens is 120 g/mol. The summed E-state index contributed by atoms with van der Waals surface area (Å²) in [7, 11) is 0. The smallest absolute Gasteiger partial charge is 0.00544 e. The summed E-state index contributed by atoms with van der Waals surface area (Å²) in [4.78, 5) is 0. The zero-order valence-corrected chi connectivity index (χ0v) is 6.02. The Labute approximate surface area is 61.2 Å². The van der Waals surface area contributed by atoms with Gasteiger partial charge >= 0.3 is 0 Å². The van der Waals surface area contributed by atoms with E-state index in [4.69, 9.17) is 0 Å². The second-order valence-corrected chi connectivity index (χ2v) is 2.77.